The number of quaternary nitrogens is 2. The molecule has 0 atom stereocenters. The van der Waals surface area contributed by atoms with Crippen molar-refractivity contribution in [3.63, 3.8) is 0 Å². The lowest BCUT2D eigenvalue weighted by Crippen LogP contribution is -3.41. The minimum Gasteiger partial charge on any atom is -0.297 e. The highest BCUT2D eigenvalue weighted by atomic mass is 16.1. The predicted molar refractivity (Wildman–Crippen MR) is 65.8 cm³/mol. The van der Waals surface area contributed by atoms with Crippen LogP contribution in [-0.2, 0) is 4.79 Å². The number of hydrogen-bond donors (Lipinski definition) is 2. The molecular formula is C14H26N2O+2. The van der Waals surface area contributed by atoms with E-state index in [1.165, 1.54) is 6.67 Å². The maximum absolute atomic E-state index is 13.1. The van der Waals surface area contributed by atoms with Gasteiger partial charge in [-0.1, -0.05) is 27.7 Å². The van der Waals surface area contributed by atoms with Crippen molar-refractivity contribution >= 4 is 5.78 Å². The van der Waals surface area contributed by atoms with Gasteiger partial charge in [0.15, 0.2) is 5.78 Å². The van der Waals surface area contributed by atoms with E-state index < -0.39 is 0 Å². The van der Waals surface area contributed by atoms with Gasteiger partial charge in [-0.25, -0.2) is 0 Å². The zero-order chi connectivity index (χ0) is 12.4. The fourth-order valence-corrected chi connectivity index (χ4v) is 4.80. The molecule has 0 aromatic carbocycles. The second-order valence-electron chi connectivity index (χ2n) is 7.33. The topological polar surface area (TPSA) is 26.0 Å². The number of Topliss-reactive ketones (excluding diaryl/α,β-unsaturated/α-hetero) is 1. The van der Waals surface area contributed by atoms with Gasteiger partial charge >= 0.3 is 0 Å². The van der Waals surface area contributed by atoms with E-state index in [1.807, 2.05) is 0 Å². The van der Waals surface area contributed by atoms with Crippen LogP contribution in [0.1, 0.15) is 27.7 Å². The number of rotatable bonds is 2. The Labute approximate surface area is 104 Å². The maximum Gasteiger partial charge on any atom is 0.204 e. The highest BCUT2D eigenvalue weighted by Crippen LogP contribution is 2.43. The maximum atomic E-state index is 13.1. The molecule has 4 aliphatic heterocycles. The van der Waals surface area contributed by atoms with Crippen LogP contribution >= 0.6 is 0 Å². The summed E-state index contributed by atoms with van der Waals surface area (Å²) in [4.78, 5) is 16.4. The van der Waals surface area contributed by atoms with Crippen LogP contribution < -0.4 is 9.80 Å². The monoisotopic (exact) mass is 238 g/mol. The van der Waals surface area contributed by atoms with Gasteiger partial charge in [0, 0.05) is 0 Å². The van der Waals surface area contributed by atoms with Crippen LogP contribution in [0.25, 0.3) is 0 Å². The third-order valence-electron chi connectivity index (χ3n) is 5.88. The third kappa shape index (κ3) is 1.27. The lowest BCUT2D eigenvalue weighted by atomic mass is 9.54. The van der Waals surface area contributed by atoms with Gasteiger partial charge in [0.05, 0.1) is 0 Å². The Kier molecular flexibility index (Phi) is 2.28. The molecule has 4 saturated heterocycles. The van der Waals surface area contributed by atoms with Crippen LogP contribution in [0.5, 0.6) is 0 Å². The zero-order valence-electron chi connectivity index (χ0n) is 11.6. The highest BCUT2D eigenvalue weighted by Gasteiger charge is 2.70. The highest BCUT2D eigenvalue weighted by molar-refractivity contribution is 5.92. The molecule has 3 heteroatoms. The molecule has 0 aromatic rings. The van der Waals surface area contributed by atoms with Gasteiger partial charge in [0.25, 0.3) is 0 Å². The normalized spacial score (nSPS) is 48.5. The number of nitrogens with one attached hydrogen (secondary N) is 2. The first-order valence-electron chi connectivity index (χ1n) is 7.13. The van der Waals surface area contributed by atoms with Gasteiger partial charge in [-0.3, -0.25) is 14.6 Å². The summed E-state index contributed by atoms with van der Waals surface area (Å²) >= 11 is 0. The molecule has 4 aliphatic rings. The van der Waals surface area contributed by atoms with Gasteiger partial charge in [-0.2, -0.15) is 0 Å². The number of carbonyl (C=O) groups is 1. The summed E-state index contributed by atoms with van der Waals surface area (Å²) in [6.45, 7) is 14.6. The van der Waals surface area contributed by atoms with Crippen molar-refractivity contribution < 1.29 is 14.6 Å². The Balaban J connectivity index is 2.08. The SMILES string of the molecule is CC(C)C12C[NH+]3C[NH+](C1)CC(C(C)C)(C3)C2=O. The van der Waals surface area contributed by atoms with Crippen molar-refractivity contribution in [1.29, 1.82) is 0 Å². The molecule has 4 bridgehead atoms. The Morgan fingerprint density at radius 3 is 1.53 bits per heavy atom. The summed E-state index contributed by atoms with van der Waals surface area (Å²) in [6, 6.07) is 0. The van der Waals surface area contributed by atoms with E-state index in [0.717, 1.165) is 26.2 Å². The zero-order valence-corrected chi connectivity index (χ0v) is 11.6. The molecule has 0 aliphatic carbocycles. The summed E-state index contributed by atoms with van der Waals surface area (Å²) in [5, 5.41) is 0. The average molecular weight is 238 g/mol. The van der Waals surface area contributed by atoms with E-state index in [1.54, 1.807) is 9.80 Å². The molecule has 4 rings (SSSR count). The Morgan fingerprint density at radius 1 is 0.882 bits per heavy atom. The summed E-state index contributed by atoms with van der Waals surface area (Å²) in [6.07, 6.45) is 0. The average Bonchev–Trinajstić information content (AvgIpc) is 2.23. The number of hydrogen-bond acceptors (Lipinski definition) is 1. The molecule has 96 valence electrons. The molecule has 2 N–H and O–H groups in total. The summed E-state index contributed by atoms with van der Waals surface area (Å²) in [5.41, 5.74) is -0.0205. The standard InChI is InChI=1S/C14H24N2O/c1-10(2)13-5-15-7-14(11(3)4,12(13)17)8-16(6-13)9-15/h10-11H,5-9H2,1-4H3/p+2. The van der Waals surface area contributed by atoms with Crippen molar-refractivity contribution in [2.75, 3.05) is 32.8 Å². The molecule has 4 heterocycles. The first-order valence-corrected chi connectivity index (χ1v) is 7.13. The number of piperidine rings is 2. The van der Waals surface area contributed by atoms with Gasteiger partial charge in [0.1, 0.15) is 37.0 Å². The molecule has 0 saturated carbocycles. The van der Waals surface area contributed by atoms with Crippen LogP contribution in [0.15, 0.2) is 0 Å². The van der Waals surface area contributed by atoms with Crippen molar-refractivity contribution in [3.8, 4) is 0 Å². The van der Waals surface area contributed by atoms with Crippen LogP contribution in [-0.4, -0.2) is 38.6 Å². The van der Waals surface area contributed by atoms with Crippen molar-refractivity contribution in [1.82, 2.24) is 0 Å². The Bertz CT molecular complexity index is 317. The smallest absolute Gasteiger partial charge is 0.204 e. The van der Waals surface area contributed by atoms with Crippen molar-refractivity contribution in [2.24, 2.45) is 22.7 Å². The number of carbonyl (C=O) groups excluding carboxylic acids is 1. The quantitative estimate of drug-likeness (QED) is 0.609. The van der Waals surface area contributed by atoms with Gasteiger partial charge in [0.2, 0.25) is 6.67 Å². The molecule has 17 heavy (non-hydrogen) atoms. The Morgan fingerprint density at radius 2 is 1.24 bits per heavy atom. The van der Waals surface area contributed by atoms with Crippen LogP contribution in [0.2, 0.25) is 0 Å². The molecule has 0 amide bonds. The van der Waals surface area contributed by atoms with E-state index in [4.69, 9.17) is 0 Å². The van der Waals surface area contributed by atoms with Crippen molar-refractivity contribution in [3.05, 3.63) is 0 Å². The van der Waals surface area contributed by atoms with Gasteiger partial charge in [-0.15, -0.1) is 0 Å². The number of ketones is 1. The van der Waals surface area contributed by atoms with E-state index in [-0.39, 0.29) is 10.8 Å². The Hall–Kier alpha value is -0.410. The van der Waals surface area contributed by atoms with E-state index in [9.17, 15) is 4.79 Å². The lowest BCUT2D eigenvalue weighted by Gasteiger charge is -2.60. The summed E-state index contributed by atoms with van der Waals surface area (Å²) in [5.74, 6) is 1.61. The molecule has 0 aromatic heterocycles. The van der Waals surface area contributed by atoms with Crippen LogP contribution in [0, 0.1) is 22.7 Å². The second kappa shape index (κ2) is 3.33. The minimum atomic E-state index is -0.0102. The van der Waals surface area contributed by atoms with E-state index in [0.29, 0.717) is 17.6 Å². The fraction of sp³-hybridized carbons (Fsp3) is 0.929. The fourth-order valence-electron chi connectivity index (χ4n) is 4.80. The van der Waals surface area contributed by atoms with Crippen molar-refractivity contribution in [2.45, 2.75) is 27.7 Å². The first kappa shape index (κ1) is 11.7. The lowest BCUT2D eigenvalue weighted by molar-refractivity contribution is -1.14. The molecule has 3 nitrogen and oxygen atoms in total. The largest absolute Gasteiger partial charge is 0.297 e. The summed E-state index contributed by atoms with van der Waals surface area (Å²) in [7, 11) is 0. The third-order valence-corrected chi connectivity index (χ3v) is 5.88. The minimum absolute atomic E-state index is 0.0102. The summed E-state index contributed by atoms with van der Waals surface area (Å²) < 4.78 is 0. The first-order chi connectivity index (χ1) is 7.91. The molecular weight excluding hydrogens is 212 g/mol. The molecule has 0 spiro atoms. The molecule has 4 fully saturated rings. The van der Waals surface area contributed by atoms with Gasteiger partial charge < -0.3 is 0 Å². The van der Waals surface area contributed by atoms with E-state index in [2.05, 4.69) is 27.7 Å². The molecule has 0 unspecified atom stereocenters. The van der Waals surface area contributed by atoms with Crippen LogP contribution in [0.4, 0.5) is 0 Å². The predicted octanol–water partition coefficient (Wildman–Crippen LogP) is -1.39. The second-order valence-corrected chi connectivity index (χ2v) is 7.33. The van der Waals surface area contributed by atoms with Crippen LogP contribution in [0.3, 0.4) is 0 Å². The van der Waals surface area contributed by atoms with E-state index >= 15 is 0 Å². The molecule has 0 radical (unpaired) electrons. The van der Waals surface area contributed by atoms with Gasteiger partial charge in [-0.05, 0) is 11.8 Å².